The number of ether oxygens (including phenoxy) is 1. The van der Waals surface area contributed by atoms with E-state index in [1.165, 1.54) is 7.11 Å². The number of benzene rings is 2. The second kappa shape index (κ2) is 7.63. The van der Waals surface area contributed by atoms with Gasteiger partial charge in [-0.05, 0) is 31.5 Å². The summed E-state index contributed by atoms with van der Waals surface area (Å²) in [5, 5.41) is 3.42. The zero-order valence-corrected chi connectivity index (χ0v) is 13.8. The van der Waals surface area contributed by atoms with Gasteiger partial charge in [0.2, 0.25) is 0 Å². The number of hydrogen-bond acceptors (Lipinski definition) is 3. The summed E-state index contributed by atoms with van der Waals surface area (Å²) >= 11 is 0. The van der Waals surface area contributed by atoms with E-state index in [-0.39, 0.29) is 12.0 Å². The summed E-state index contributed by atoms with van der Waals surface area (Å²) in [4.78, 5) is 12.2. The van der Waals surface area contributed by atoms with Gasteiger partial charge in [0.25, 0.3) is 0 Å². The maximum absolute atomic E-state index is 12.2. The van der Waals surface area contributed by atoms with Crippen molar-refractivity contribution in [1.82, 2.24) is 0 Å². The number of methoxy groups -OCH3 is 1. The van der Waals surface area contributed by atoms with Crippen LogP contribution in [0.4, 0.5) is 5.69 Å². The van der Waals surface area contributed by atoms with E-state index >= 15 is 0 Å². The van der Waals surface area contributed by atoms with Crippen LogP contribution in [0.15, 0.2) is 66.7 Å². The first-order valence-electron chi connectivity index (χ1n) is 7.67. The van der Waals surface area contributed by atoms with Gasteiger partial charge in [-0.1, -0.05) is 60.7 Å². The van der Waals surface area contributed by atoms with Gasteiger partial charge in [0.05, 0.1) is 18.6 Å². The zero-order chi connectivity index (χ0) is 16.7. The molecule has 0 aromatic heterocycles. The molecule has 0 bridgehead atoms. The van der Waals surface area contributed by atoms with E-state index in [1.807, 2.05) is 86.7 Å². The fourth-order valence-corrected chi connectivity index (χ4v) is 2.34. The molecule has 2 rings (SSSR count). The van der Waals surface area contributed by atoms with Crippen LogP contribution >= 0.6 is 0 Å². The Labute approximate surface area is 138 Å². The smallest absolute Gasteiger partial charge is 0.313 e. The summed E-state index contributed by atoms with van der Waals surface area (Å²) in [5.41, 5.74) is 1.36. The summed E-state index contributed by atoms with van der Waals surface area (Å²) in [5.74, 6) is -0.247. The van der Waals surface area contributed by atoms with Gasteiger partial charge >= 0.3 is 5.97 Å². The summed E-state index contributed by atoms with van der Waals surface area (Å²) in [7, 11) is 1.42. The minimum Gasteiger partial charge on any atom is -0.469 e. The molecule has 0 aliphatic rings. The van der Waals surface area contributed by atoms with Crippen molar-refractivity contribution in [3.63, 3.8) is 0 Å². The minimum atomic E-state index is -0.699. The molecule has 0 saturated heterocycles. The molecule has 2 aromatic carbocycles. The van der Waals surface area contributed by atoms with Gasteiger partial charge in [0.1, 0.15) is 0 Å². The molecule has 0 fully saturated rings. The van der Waals surface area contributed by atoms with Crippen LogP contribution in [0.5, 0.6) is 0 Å². The molecule has 2 aromatic rings. The molecule has 0 aliphatic heterocycles. The van der Waals surface area contributed by atoms with Crippen LogP contribution in [0.1, 0.15) is 19.4 Å². The third kappa shape index (κ3) is 4.46. The molecular weight excluding hydrogens is 286 g/mol. The van der Waals surface area contributed by atoms with Crippen LogP contribution in [0.25, 0.3) is 6.08 Å². The van der Waals surface area contributed by atoms with E-state index in [2.05, 4.69) is 5.32 Å². The maximum atomic E-state index is 12.2. The predicted octanol–water partition coefficient (Wildman–Crippen LogP) is 4.38. The van der Waals surface area contributed by atoms with E-state index in [9.17, 15) is 4.79 Å². The van der Waals surface area contributed by atoms with Crippen LogP contribution in [0.3, 0.4) is 0 Å². The lowest BCUT2D eigenvalue weighted by Gasteiger charge is -2.31. The number of rotatable bonds is 6. The molecule has 0 amide bonds. The summed E-state index contributed by atoms with van der Waals surface area (Å²) < 4.78 is 4.97. The quantitative estimate of drug-likeness (QED) is 0.805. The van der Waals surface area contributed by atoms with E-state index in [1.54, 1.807) is 0 Å². The highest BCUT2D eigenvalue weighted by Crippen LogP contribution is 2.27. The second-order valence-corrected chi connectivity index (χ2v) is 5.97. The maximum Gasteiger partial charge on any atom is 0.313 e. The van der Waals surface area contributed by atoms with Gasteiger partial charge in [0, 0.05) is 5.69 Å². The lowest BCUT2D eigenvalue weighted by Crippen LogP contribution is -2.41. The van der Waals surface area contributed by atoms with Crippen molar-refractivity contribution in [2.24, 2.45) is 5.41 Å². The first-order chi connectivity index (χ1) is 11.0. The van der Waals surface area contributed by atoms with E-state index in [4.69, 9.17) is 4.74 Å². The molecule has 23 heavy (non-hydrogen) atoms. The van der Waals surface area contributed by atoms with Crippen molar-refractivity contribution in [2.45, 2.75) is 19.9 Å². The largest absolute Gasteiger partial charge is 0.469 e. The molecule has 120 valence electrons. The van der Waals surface area contributed by atoms with E-state index in [0.717, 1.165) is 11.3 Å². The monoisotopic (exact) mass is 309 g/mol. The molecule has 1 N–H and O–H groups in total. The number of carbonyl (C=O) groups excluding carboxylic acids is 1. The van der Waals surface area contributed by atoms with E-state index < -0.39 is 5.41 Å². The summed E-state index contributed by atoms with van der Waals surface area (Å²) in [6.07, 6.45) is 4.03. The first-order valence-corrected chi connectivity index (χ1v) is 7.67. The Hall–Kier alpha value is -2.55. The van der Waals surface area contributed by atoms with Crippen LogP contribution < -0.4 is 5.32 Å². The average molecular weight is 309 g/mol. The van der Waals surface area contributed by atoms with Gasteiger partial charge in [-0.25, -0.2) is 0 Å². The second-order valence-electron chi connectivity index (χ2n) is 5.97. The zero-order valence-electron chi connectivity index (χ0n) is 13.8. The van der Waals surface area contributed by atoms with Crippen LogP contribution in [0, 0.1) is 5.41 Å². The fraction of sp³-hybridized carbons (Fsp3) is 0.250. The summed E-state index contributed by atoms with van der Waals surface area (Å²) in [6.45, 7) is 3.77. The topological polar surface area (TPSA) is 38.3 Å². The minimum absolute atomic E-state index is 0.197. The molecule has 3 heteroatoms. The third-order valence-corrected chi connectivity index (χ3v) is 3.87. The molecule has 3 nitrogen and oxygen atoms in total. The fourth-order valence-electron chi connectivity index (χ4n) is 2.34. The van der Waals surface area contributed by atoms with Gasteiger partial charge in [-0.3, -0.25) is 4.79 Å². The molecule has 0 aliphatic carbocycles. The Bertz CT molecular complexity index is 648. The highest BCUT2D eigenvalue weighted by Gasteiger charge is 2.36. The van der Waals surface area contributed by atoms with Crippen molar-refractivity contribution in [2.75, 3.05) is 12.4 Å². The number of anilines is 1. The predicted molar refractivity (Wildman–Crippen MR) is 95.1 cm³/mol. The van der Waals surface area contributed by atoms with Crippen LogP contribution in [-0.2, 0) is 9.53 Å². The molecular formula is C20H23NO2. The standard InChI is InChI=1S/C20H23NO2/c1-20(2,19(22)23-3)18(21-17-12-8-5-9-13-17)15-14-16-10-6-4-7-11-16/h4-15,18,21H,1-3H3/b15-14+. The van der Waals surface area contributed by atoms with Gasteiger partial charge in [-0.2, -0.15) is 0 Å². The number of para-hydroxylation sites is 1. The Morgan fingerprint density at radius 2 is 1.61 bits per heavy atom. The Morgan fingerprint density at radius 1 is 1.04 bits per heavy atom. The molecule has 1 atom stereocenters. The number of nitrogens with one attached hydrogen (secondary N) is 1. The SMILES string of the molecule is COC(=O)C(C)(C)C(/C=C/c1ccccc1)Nc1ccccc1. The molecule has 0 saturated carbocycles. The number of carbonyl (C=O) groups is 1. The van der Waals surface area contributed by atoms with Crippen molar-refractivity contribution in [3.05, 3.63) is 72.3 Å². The van der Waals surface area contributed by atoms with Crippen molar-refractivity contribution < 1.29 is 9.53 Å². The van der Waals surface area contributed by atoms with E-state index in [0.29, 0.717) is 0 Å². The third-order valence-electron chi connectivity index (χ3n) is 3.87. The number of hydrogen-bond donors (Lipinski definition) is 1. The van der Waals surface area contributed by atoms with Crippen LogP contribution in [0.2, 0.25) is 0 Å². The Balaban J connectivity index is 2.27. The summed E-state index contributed by atoms with van der Waals surface area (Å²) in [6, 6.07) is 19.7. The van der Waals surface area contributed by atoms with Crippen molar-refractivity contribution in [1.29, 1.82) is 0 Å². The Morgan fingerprint density at radius 3 is 2.17 bits per heavy atom. The van der Waals surface area contributed by atoms with Crippen LogP contribution in [-0.4, -0.2) is 19.1 Å². The molecule has 0 spiro atoms. The normalized spacial score (nSPS) is 12.8. The van der Waals surface area contributed by atoms with Crippen molar-refractivity contribution >= 4 is 17.7 Å². The highest BCUT2D eigenvalue weighted by atomic mass is 16.5. The number of esters is 1. The molecule has 0 radical (unpaired) electrons. The first kappa shape index (κ1) is 16.8. The molecule has 0 heterocycles. The van der Waals surface area contributed by atoms with Gasteiger partial charge in [0.15, 0.2) is 0 Å². The van der Waals surface area contributed by atoms with Gasteiger partial charge in [-0.15, -0.1) is 0 Å². The van der Waals surface area contributed by atoms with Gasteiger partial charge < -0.3 is 10.1 Å². The average Bonchev–Trinajstić information content (AvgIpc) is 2.59. The van der Waals surface area contributed by atoms with Crippen molar-refractivity contribution in [3.8, 4) is 0 Å². The molecule has 1 unspecified atom stereocenters. The highest BCUT2D eigenvalue weighted by molar-refractivity contribution is 5.78. The lowest BCUT2D eigenvalue weighted by molar-refractivity contribution is -0.150. The Kier molecular flexibility index (Phi) is 5.58. The lowest BCUT2D eigenvalue weighted by atomic mass is 9.83.